The summed E-state index contributed by atoms with van der Waals surface area (Å²) in [4.78, 5) is 0. The van der Waals surface area contributed by atoms with Crippen LogP contribution in [-0.4, -0.2) is 16.7 Å². The SMILES string of the molecule is CCC(C)(C)NCCn1ccc2cc(Br)ccc21. The molecule has 1 aromatic heterocycles. The van der Waals surface area contributed by atoms with Crippen molar-refractivity contribution in [3.05, 3.63) is 34.9 Å². The molecule has 2 rings (SSSR count). The van der Waals surface area contributed by atoms with E-state index in [0.717, 1.165) is 24.0 Å². The van der Waals surface area contributed by atoms with Crippen LogP contribution in [0.3, 0.4) is 0 Å². The van der Waals surface area contributed by atoms with Crippen LogP contribution in [-0.2, 0) is 6.54 Å². The minimum Gasteiger partial charge on any atom is -0.346 e. The number of halogens is 1. The van der Waals surface area contributed by atoms with E-state index in [1.165, 1.54) is 10.9 Å². The van der Waals surface area contributed by atoms with Crippen molar-refractivity contribution in [2.45, 2.75) is 39.3 Å². The van der Waals surface area contributed by atoms with Gasteiger partial charge in [0.2, 0.25) is 0 Å². The summed E-state index contributed by atoms with van der Waals surface area (Å²) in [5.41, 5.74) is 1.53. The molecule has 18 heavy (non-hydrogen) atoms. The van der Waals surface area contributed by atoms with Gasteiger partial charge in [-0.25, -0.2) is 0 Å². The number of aromatic nitrogens is 1. The molecule has 3 heteroatoms. The van der Waals surface area contributed by atoms with Crippen molar-refractivity contribution in [1.82, 2.24) is 9.88 Å². The molecule has 0 bridgehead atoms. The summed E-state index contributed by atoms with van der Waals surface area (Å²) in [5.74, 6) is 0. The number of rotatable bonds is 5. The summed E-state index contributed by atoms with van der Waals surface area (Å²) in [6.45, 7) is 8.72. The Morgan fingerprint density at radius 3 is 2.78 bits per heavy atom. The Morgan fingerprint density at radius 1 is 1.28 bits per heavy atom. The highest BCUT2D eigenvalue weighted by Gasteiger charge is 2.12. The zero-order chi connectivity index (χ0) is 13.2. The van der Waals surface area contributed by atoms with E-state index >= 15 is 0 Å². The predicted molar refractivity (Wildman–Crippen MR) is 82.0 cm³/mol. The van der Waals surface area contributed by atoms with Crippen LogP contribution < -0.4 is 5.32 Å². The summed E-state index contributed by atoms with van der Waals surface area (Å²) in [6, 6.07) is 8.60. The number of fused-ring (bicyclic) bond motifs is 1. The quantitative estimate of drug-likeness (QED) is 0.876. The van der Waals surface area contributed by atoms with Gasteiger partial charge in [-0.15, -0.1) is 0 Å². The largest absolute Gasteiger partial charge is 0.346 e. The molecule has 2 nitrogen and oxygen atoms in total. The predicted octanol–water partition coefficient (Wildman–Crippen LogP) is 4.18. The molecular weight excluding hydrogens is 288 g/mol. The Labute approximate surface area is 118 Å². The molecule has 0 aliphatic rings. The fraction of sp³-hybridized carbons (Fsp3) is 0.467. The first kappa shape index (κ1) is 13.6. The monoisotopic (exact) mass is 308 g/mol. The van der Waals surface area contributed by atoms with Gasteiger partial charge in [-0.05, 0) is 44.5 Å². The Kier molecular flexibility index (Phi) is 4.13. The van der Waals surface area contributed by atoms with Crippen molar-refractivity contribution in [3.63, 3.8) is 0 Å². The highest BCUT2D eigenvalue weighted by Crippen LogP contribution is 2.20. The van der Waals surface area contributed by atoms with Crippen LogP contribution in [0, 0.1) is 0 Å². The molecule has 1 aromatic carbocycles. The second-order valence-corrected chi connectivity index (χ2v) is 6.29. The third kappa shape index (κ3) is 3.15. The Balaban J connectivity index is 2.04. The molecule has 0 aliphatic heterocycles. The molecule has 0 atom stereocenters. The highest BCUT2D eigenvalue weighted by molar-refractivity contribution is 9.10. The molecule has 1 heterocycles. The minimum absolute atomic E-state index is 0.228. The lowest BCUT2D eigenvalue weighted by Crippen LogP contribution is -2.40. The van der Waals surface area contributed by atoms with E-state index in [2.05, 4.69) is 77.0 Å². The van der Waals surface area contributed by atoms with Crippen LogP contribution in [0.4, 0.5) is 0 Å². The second-order valence-electron chi connectivity index (χ2n) is 5.38. The molecule has 0 unspecified atom stereocenters. The Hall–Kier alpha value is -0.800. The Bertz CT molecular complexity index is 528. The fourth-order valence-electron chi connectivity index (χ4n) is 2.01. The van der Waals surface area contributed by atoms with Crippen LogP contribution in [0.1, 0.15) is 27.2 Å². The van der Waals surface area contributed by atoms with E-state index < -0.39 is 0 Å². The molecule has 98 valence electrons. The van der Waals surface area contributed by atoms with Crippen molar-refractivity contribution < 1.29 is 0 Å². The molecule has 0 saturated carbocycles. The average Bonchev–Trinajstić information content (AvgIpc) is 2.71. The van der Waals surface area contributed by atoms with Crippen LogP contribution >= 0.6 is 15.9 Å². The molecule has 0 spiro atoms. The van der Waals surface area contributed by atoms with E-state index in [4.69, 9.17) is 0 Å². The molecular formula is C15H21BrN2. The van der Waals surface area contributed by atoms with Gasteiger partial charge in [-0.3, -0.25) is 0 Å². The van der Waals surface area contributed by atoms with Crippen LogP contribution in [0.15, 0.2) is 34.9 Å². The smallest absolute Gasteiger partial charge is 0.0481 e. The minimum atomic E-state index is 0.228. The maximum absolute atomic E-state index is 3.59. The average molecular weight is 309 g/mol. The van der Waals surface area contributed by atoms with Gasteiger partial charge in [0.25, 0.3) is 0 Å². The lowest BCUT2D eigenvalue weighted by Gasteiger charge is -2.24. The summed E-state index contributed by atoms with van der Waals surface area (Å²) >= 11 is 3.51. The molecule has 0 saturated heterocycles. The van der Waals surface area contributed by atoms with E-state index in [0.29, 0.717) is 0 Å². The first-order chi connectivity index (χ1) is 8.52. The fourth-order valence-corrected chi connectivity index (χ4v) is 2.38. The van der Waals surface area contributed by atoms with Crippen molar-refractivity contribution in [1.29, 1.82) is 0 Å². The van der Waals surface area contributed by atoms with Gasteiger partial charge in [0, 0.05) is 40.2 Å². The topological polar surface area (TPSA) is 17.0 Å². The van der Waals surface area contributed by atoms with Crippen molar-refractivity contribution in [3.8, 4) is 0 Å². The van der Waals surface area contributed by atoms with Gasteiger partial charge >= 0.3 is 0 Å². The number of hydrogen-bond acceptors (Lipinski definition) is 1. The molecule has 1 N–H and O–H groups in total. The molecule has 0 amide bonds. The molecule has 0 radical (unpaired) electrons. The van der Waals surface area contributed by atoms with Crippen molar-refractivity contribution >= 4 is 26.8 Å². The van der Waals surface area contributed by atoms with Gasteiger partial charge in [0.15, 0.2) is 0 Å². The van der Waals surface area contributed by atoms with E-state index in [-0.39, 0.29) is 5.54 Å². The van der Waals surface area contributed by atoms with Gasteiger partial charge in [-0.1, -0.05) is 22.9 Å². The second kappa shape index (κ2) is 5.45. The number of nitrogens with zero attached hydrogens (tertiary/aromatic N) is 1. The number of hydrogen-bond donors (Lipinski definition) is 1. The van der Waals surface area contributed by atoms with E-state index in [1.54, 1.807) is 0 Å². The first-order valence-corrected chi connectivity index (χ1v) is 7.30. The van der Waals surface area contributed by atoms with Gasteiger partial charge in [-0.2, -0.15) is 0 Å². The lowest BCUT2D eigenvalue weighted by atomic mass is 10.0. The molecule has 0 fully saturated rings. The van der Waals surface area contributed by atoms with Crippen LogP contribution in [0.2, 0.25) is 0 Å². The summed E-state index contributed by atoms with van der Waals surface area (Å²) in [7, 11) is 0. The molecule has 2 aromatic rings. The number of benzene rings is 1. The van der Waals surface area contributed by atoms with Crippen molar-refractivity contribution in [2.24, 2.45) is 0 Å². The Morgan fingerprint density at radius 2 is 2.06 bits per heavy atom. The first-order valence-electron chi connectivity index (χ1n) is 6.51. The van der Waals surface area contributed by atoms with Gasteiger partial charge in [0.1, 0.15) is 0 Å². The van der Waals surface area contributed by atoms with Crippen LogP contribution in [0.5, 0.6) is 0 Å². The third-order valence-electron chi connectivity index (χ3n) is 3.57. The zero-order valence-corrected chi connectivity index (χ0v) is 12.9. The maximum atomic E-state index is 3.59. The number of nitrogens with one attached hydrogen (secondary N) is 1. The summed E-state index contributed by atoms with van der Waals surface area (Å²) in [6.07, 6.45) is 3.31. The highest BCUT2D eigenvalue weighted by atomic mass is 79.9. The van der Waals surface area contributed by atoms with E-state index in [9.17, 15) is 0 Å². The van der Waals surface area contributed by atoms with Crippen LogP contribution in [0.25, 0.3) is 10.9 Å². The maximum Gasteiger partial charge on any atom is 0.0481 e. The van der Waals surface area contributed by atoms with Gasteiger partial charge in [0.05, 0.1) is 0 Å². The summed E-state index contributed by atoms with van der Waals surface area (Å²) in [5, 5.41) is 4.88. The summed E-state index contributed by atoms with van der Waals surface area (Å²) < 4.78 is 3.44. The normalized spacial score (nSPS) is 12.2. The van der Waals surface area contributed by atoms with Crippen molar-refractivity contribution in [2.75, 3.05) is 6.54 Å². The van der Waals surface area contributed by atoms with E-state index in [1.807, 2.05) is 0 Å². The standard InChI is InChI=1S/C15H21BrN2/c1-4-15(2,3)17-8-10-18-9-7-12-11-13(16)5-6-14(12)18/h5-7,9,11,17H,4,8,10H2,1-3H3. The zero-order valence-electron chi connectivity index (χ0n) is 11.3. The molecule has 0 aliphatic carbocycles. The third-order valence-corrected chi connectivity index (χ3v) is 4.07. The van der Waals surface area contributed by atoms with Gasteiger partial charge < -0.3 is 9.88 Å². The lowest BCUT2D eigenvalue weighted by molar-refractivity contribution is 0.369.